The van der Waals surface area contributed by atoms with E-state index in [0.717, 1.165) is 21.5 Å². The van der Waals surface area contributed by atoms with Gasteiger partial charge in [-0.15, -0.1) is 0 Å². The highest BCUT2D eigenvalue weighted by Crippen LogP contribution is 2.28. The number of hydrogen-bond acceptors (Lipinski definition) is 3. The fourth-order valence-corrected chi connectivity index (χ4v) is 2.39. The zero-order valence-electron chi connectivity index (χ0n) is 11.4. The molecule has 0 aromatic heterocycles. The van der Waals surface area contributed by atoms with Gasteiger partial charge in [0.15, 0.2) is 0 Å². The first-order valence-electron chi connectivity index (χ1n) is 6.48. The summed E-state index contributed by atoms with van der Waals surface area (Å²) in [5.74, 6) is 0.759. The Bertz CT molecular complexity index is 670. The SMILES string of the molecule is CCOc1cccc(C(C#N)Nc2ccc(Cl)c(Br)c2)c1. The van der Waals surface area contributed by atoms with Gasteiger partial charge in [-0.2, -0.15) is 5.26 Å². The van der Waals surface area contributed by atoms with E-state index in [4.69, 9.17) is 16.3 Å². The number of nitrogens with one attached hydrogen (secondary N) is 1. The normalized spacial score (nSPS) is 11.5. The molecule has 0 saturated carbocycles. The summed E-state index contributed by atoms with van der Waals surface area (Å²) >= 11 is 9.34. The Labute approximate surface area is 137 Å². The van der Waals surface area contributed by atoms with Crippen LogP contribution in [-0.4, -0.2) is 6.61 Å². The van der Waals surface area contributed by atoms with Crippen LogP contribution in [0.2, 0.25) is 5.02 Å². The predicted molar refractivity (Wildman–Crippen MR) is 88.7 cm³/mol. The molecule has 0 aliphatic rings. The molecule has 5 heteroatoms. The van der Waals surface area contributed by atoms with E-state index in [9.17, 15) is 5.26 Å². The minimum atomic E-state index is -0.460. The van der Waals surface area contributed by atoms with Crippen LogP contribution in [0.1, 0.15) is 18.5 Å². The van der Waals surface area contributed by atoms with Crippen LogP contribution in [0.5, 0.6) is 5.75 Å². The minimum absolute atomic E-state index is 0.460. The molecule has 0 aliphatic carbocycles. The van der Waals surface area contributed by atoms with Crippen molar-refractivity contribution in [2.75, 3.05) is 11.9 Å². The van der Waals surface area contributed by atoms with Crippen molar-refractivity contribution >= 4 is 33.2 Å². The Hall–Kier alpha value is -1.70. The van der Waals surface area contributed by atoms with Gasteiger partial charge in [0.2, 0.25) is 0 Å². The Morgan fingerprint density at radius 2 is 2.14 bits per heavy atom. The van der Waals surface area contributed by atoms with E-state index in [-0.39, 0.29) is 0 Å². The quantitative estimate of drug-likeness (QED) is 0.794. The minimum Gasteiger partial charge on any atom is -0.494 e. The van der Waals surface area contributed by atoms with Gasteiger partial charge in [0.25, 0.3) is 0 Å². The molecule has 0 heterocycles. The maximum absolute atomic E-state index is 9.39. The van der Waals surface area contributed by atoms with Gasteiger partial charge >= 0.3 is 0 Å². The number of rotatable bonds is 5. The van der Waals surface area contributed by atoms with Gasteiger partial charge in [-0.3, -0.25) is 0 Å². The van der Waals surface area contributed by atoms with Gasteiger partial charge in [0, 0.05) is 10.2 Å². The number of ether oxygens (including phenoxy) is 1. The Balaban J connectivity index is 2.21. The molecule has 1 N–H and O–H groups in total. The number of anilines is 1. The van der Waals surface area contributed by atoms with Crippen molar-refractivity contribution in [1.29, 1.82) is 5.26 Å². The van der Waals surface area contributed by atoms with Crippen LogP contribution in [0.15, 0.2) is 46.9 Å². The predicted octanol–water partition coefficient (Wildman–Crippen LogP) is 5.18. The summed E-state index contributed by atoms with van der Waals surface area (Å²) in [6.07, 6.45) is 0. The molecule has 1 unspecified atom stereocenters. The third kappa shape index (κ3) is 4.13. The standard InChI is InChI=1S/C16H14BrClN2O/c1-2-21-13-5-3-4-11(8-13)16(10-19)20-12-6-7-15(18)14(17)9-12/h3-9,16,20H,2H2,1H3. The van der Waals surface area contributed by atoms with Crippen LogP contribution in [0, 0.1) is 11.3 Å². The van der Waals surface area contributed by atoms with Crippen LogP contribution in [0.4, 0.5) is 5.69 Å². The molecule has 0 fully saturated rings. The lowest BCUT2D eigenvalue weighted by atomic mass is 10.1. The van der Waals surface area contributed by atoms with Gasteiger partial charge in [-0.25, -0.2) is 0 Å². The summed E-state index contributed by atoms with van der Waals surface area (Å²) in [5.41, 5.74) is 1.68. The molecule has 2 aromatic rings. The molecule has 0 radical (unpaired) electrons. The van der Waals surface area contributed by atoms with E-state index in [1.54, 1.807) is 6.07 Å². The molecule has 2 rings (SSSR count). The number of hydrogen-bond donors (Lipinski definition) is 1. The van der Waals surface area contributed by atoms with E-state index in [2.05, 4.69) is 27.3 Å². The second kappa shape index (κ2) is 7.35. The maximum atomic E-state index is 9.39. The summed E-state index contributed by atoms with van der Waals surface area (Å²) in [4.78, 5) is 0. The topological polar surface area (TPSA) is 45.0 Å². The highest BCUT2D eigenvalue weighted by Gasteiger charge is 2.12. The zero-order valence-corrected chi connectivity index (χ0v) is 13.8. The van der Waals surface area contributed by atoms with Crippen molar-refractivity contribution < 1.29 is 4.74 Å². The zero-order chi connectivity index (χ0) is 15.2. The van der Waals surface area contributed by atoms with Crippen LogP contribution in [0.3, 0.4) is 0 Å². The summed E-state index contributed by atoms with van der Waals surface area (Å²) in [5, 5.41) is 13.2. The molecule has 0 bridgehead atoms. The molecular weight excluding hydrogens is 352 g/mol. The van der Waals surface area contributed by atoms with Crippen molar-refractivity contribution in [3.8, 4) is 11.8 Å². The summed E-state index contributed by atoms with van der Waals surface area (Å²) in [6, 6.07) is 14.8. The van der Waals surface area contributed by atoms with Crippen molar-refractivity contribution in [2.24, 2.45) is 0 Å². The van der Waals surface area contributed by atoms with Crippen LogP contribution < -0.4 is 10.1 Å². The lowest BCUT2D eigenvalue weighted by Crippen LogP contribution is -2.08. The first-order chi connectivity index (χ1) is 10.1. The highest BCUT2D eigenvalue weighted by molar-refractivity contribution is 9.10. The fraction of sp³-hybridized carbons (Fsp3) is 0.188. The third-order valence-corrected chi connectivity index (χ3v) is 4.08. The molecule has 0 amide bonds. The van der Waals surface area contributed by atoms with Gasteiger partial charge in [0.1, 0.15) is 11.8 Å². The Morgan fingerprint density at radius 3 is 2.81 bits per heavy atom. The molecule has 0 spiro atoms. The molecule has 0 saturated heterocycles. The summed E-state index contributed by atoms with van der Waals surface area (Å²) in [6.45, 7) is 2.52. The lowest BCUT2D eigenvalue weighted by Gasteiger charge is -2.15. The van der Waals surface area contributed by atoms with Crippen molar-refractivity contribution in [1.82, 2.24) is 0 Å². The van der Waals surface area contributed by atoms with E-state index < -0.39 is 6.04 Å². The Morgan fingerprint density at radius 1 is 1.33 bits per heavy atom. The van der Waals surface area contributed by atoms with E-state index in [0.29, 0.717) is 11.6 Å². The largest absolute Gasteiger partial charge is 0.494 e. The average Bonchev–Trinajstić information content (AvgIpc) is 2.49. The molecule has 2 aromatic carbocycles. The lowest BCUT2D eigenvalue weighted by molar-refractivity contribution is 0.340. The molecule has 21 heavy (non-hydrogen) atoms. The van der Waals surface area contributed by atoms with Crippen LogP contribution >= 0.6 is 27.5 Å². The highest BCUT2D eigenvalue weighted by atomic mass is 79.9. The summed E-state index contributed by atoms with van der Waals surface area (Å²) in [7, 11) is 0. The average molecular weight is 366 g/mol. The van der Waals surface area contributed by atoms with E-state index >= 15 is 0 Å². The van der Waals surface area contributed by atoms with E-state index in [1.807, 2.05) is 43.3 Å². The van der Waals surface area contributed by atoms with Crippen molar-refractivity contribution in [3.05, 3.63) is 57.5 Å². The molecule has 0 aliphatic heterocycles. The molecular formula is C16H14BrClN2O. The van der Waals surface area contributed by atoms with Gasteiger partial charge < -0.3 is 10.1 Å². The van der Waals surface area contributed by atoms with Crippen LogP contribution in [-0.2, 0) is 0 Å². The van der Waals surface area contributed by atoms with Gasteiger partial charge in [-0.05, 0) is 58.7 Å². The first-order valence-corrected chi connectivity index (χ1v) is 7.65. The second-order valence-electron chi connectivity index (χ2n) is 4.34. The Kier molecular flexibility index (Phi) is 5.49. The maximum Gasteiger partial charge on any atom is 0.140 e. The number of halogens is 2. The number of nitrogens with zero attached hydrogens (tertiary/aromatic N) is 1. The second-order valence-corrected chi connectivity index (χ2v) is 5.60. The summed E-state index contributed by atoms with van der Waals surface area (Å²) < 4.78 is 6.25. The molecule has 3 nitrogen and oxygen atoms in total. The van der Waals surface area contributed by atoms with Gasteiger partial charge in [-0.1, -0.05) is 23.7 Å². The molecule has 108 valence electrons. The van der Waals surface area contributed by atoms with Crippen molar-refractivity contribution in [2.45, 2.75) is 13.0 Å². The van der Waals surface area contributed by atoms with Crippen LogP contribution in [0.25, 0.3) is 0 Å². The van der Waals surface area contributed by atoms with E-state index in [1.165, 1.54) is 0 Å². The smallest absolute Gasteiger partial charge is 0.140 e. The van der Waals surface area contributed by atoms with Crippen molar-refractivity contribution in [3.63, 3.8) is 0 Å². The first kappa shape index (κ1) is 15.7. The molecule has 1 atom stereocenters. The van der Waals surface area contributed by atoms with Gasteiger partial charge in [0.05, 0.1) is 17.7 Å². The monoisotopic (exact) mass is 364 g/mol. The third-order valence-electron chi connectivity index (χ3n) is 2.86. The fourth-order valence-electron chi connectivity index (χ4n) is 1.89. The number of nitriles is 1. The number of benzene rings is 2.